The topological polar surface area (TPSA) is 76.4 Å². The van der Waals surface area contributed by atoms with Crippen LogP contribution in [0.25, 0.3) is 0 Å². The molecule has 2 aromatic rings. The van der Waals surface area contributed by atoms with Crippen LogP contribution in [0.5, 0.6) is 0 Å². The number of esters is 2. The van der Waals surface area contributed by atoms with Crippen molar-refractivity contribution in [3.8, 4) is 6.07 Å². The molecule has 0 aliphatic carbocycles. The Hall–Kier alpha value is -2.78. The lowest BCUT2D eigenvalue weighted by molar-refractivity contribution is 0.0591. The average molecular weight is 327 g/mol. The Morgan fingerprint density at radius 2 is 1.57 bits per heavy atom. The molecule has 0 amide bonds. The molecule has 0 aromatic heterocycles. The first kappa shape index (κ1) is 16.6. The maximum atomic E-state index is 11.6. The van der Waals surface area contributed by atoms with Crippen LogP contribution in [0.3, 0.4) is 0 Å². The number of benzene rings is 2. The highest BCUT2D eigenvalue weighted by Gasteiger charge is 2.13. The summed E-state index contributed by atoms with van der Waals surface area (Å²) < 4.78 is 9.29. The number of nitrogens with zero attached hydrogens (tertiary/aromatic N) is 1. The molecule has 0 aliphatic rings. The predicted octanol–water partition coefficient (Wildman–Crippen LogP) is 3.28. The third-order valence-electron chi connectivity index (χ3n) is 3.03. The zero-order chi connectivity index (χ0) is 16.8. The van der Waals surface area contributed by atoms with E-state index in [0.717, 1.165) is 9.79 Å². The molecule has 0 atom stereocenters. The van der Waals surface area contributed by atoms with Gasteiger partial charge >= 0.3 is 11.9 Å². The van der Waals surface area contributed by atoms with E-state index in [1.54, 1.807) is 42.5 Å². The molecular formula is C17H13NO4S. The Balaban J connectivity index is 2.22. The number of ether oxygens (including phenoxy) is 2. The van der Waals surface area contributed by atoms with Gasteiger partial charge in [-0.25, -0.2) is 9.59 Å². The van der Waals surface area contributed by atoms with Gasteiger partial charge in [0, 0.05) is 9.79 Å². The first-order valence-corrected chi connectivity index (χ1v) is 7.39. The van der Waals surface area contributed by atoms with Crippen LogP contribution in [-0.2, 0) is 9.47 Å². The van der Waals surface area contributed by atoms with Gasteiger partial charge in [-0.15, -0.1) is 0 Å². The second-order valence-corrected chi connectivity index (χ2v) is 5.58. The highest BCUT2D eigenvalue weighted by atomic mass is 32.2. The van der Waals surface area contributed by atoms with Gasteiger partial charge in [0.2, 0.25) is 0 Å². The quantitative estimate of drug-likeness (QED) is 0.802. The number of hydrogen-bond donors (Lipinski definition) is 0. The fraction of sp³-hybridized carbons (Fsp3) is 0.118. The lowest BCUT2D eigenvalue weighted by Crippen LogP contribution is -2.03. The summed E-state index contributed by atoms with van der Waals surface area (Å²) >= 11 is 1.42. The number of carbonyl (C=O) groups is 2. The molecule has 0 N–H and O–H groups in total. The Labute approximate surface area is 137 Å². The van der Waals surface area contributed by atoms with E-state index in [-0.39, 0.29) is 11.1 Å². The van der Waals surface area contributed by atoms with Gasteiger partial charge in [-0.1, -0.05) is 11.8 Å². The second-order valence-electron chi connectivity index (χ2n) is 4.43. The first-order valence-electron chi connectivity index (χ1n) is 6.57. The highest BCUT2D eigenvalue weighted by Crippen LogP contribution is 2.29. The van der Waals surface area contributed by atoms with Gasteiger partial charge in [0.15, 0.2) is 0 Å². The fourth-order valence-electron chi connectivity index (χ4n) is 1.88. The molecule has 0 bridgehead atoms. The minimum atomic E-state index is -0.541. The molecule has 0 fully saturated rings. The molecule has 0 radical (unpaired) electrons. The van der Waals surface area contributed by atoms with Gasteiger partial charge < -0.3 is 9.47 Å². The minimum Gasteiger partial charge on any atom is -0.465 e. The van der Waals surface area contributed by atoms with Crippen molar-refractivity contribution in [1.29, 1.82) is 5.26 Å². The van der Waals surface area contributed by atoms with Crippen molar-refractivity contribution >= 4 is 23.7 Å². The maximum Gasteiger partial charge on any atom is 0.339 e. The molecule has 0 aliphatic heterocycles. The summed E-state index contributed by atoms with van der Waals surface area (Å²) in [5.41, 5.74) is 0.962. The van der Waals surface area contributed by atoms with Crippen molar-refractivity contribution in [2.75, 3.05) is 14.2 Å². The van der Waals surface area contributed by atoms with Crippen LogP contribution in [0.15, 0.2) is 52.3 Å². The van der Waals surface area contributed by atoms with E-state index in [9.17, 15) is 9.59 Å². The molecule has 0 saturated carbocycles. The van der Waals surface area contributed by atoms with Crippen molar-refractivity contribution in [2.45, 2.75) is 9.79 Å². The van der Waals surface area contributed by atoms with Gasteiger partial charge in [0.1, 0.15) is 6.07 Å². The van der Waals surface area contributed by atoms with E-state index in [1.807, 2.05) is 6.07 Å². The third kappa shape index (κ3) is 3.90. The van der Waals surface area contributed by atoms with Crippen LogP contribution in [0.1, 0.15) is 26.3 Å². The van der Waals surface area contributed by atoms with Crippen LogP contribution in [0, 0.1) is 11.3 Å². The smallest absolute Gasteiger partial charge is 0.339 e. The number of hydrogen-bond acceptors (Lipinski definition) is 6. The Morgan fingerprint density at radius 3 is 2.13 bits per heavy atom. The summed E-state index contributed by atoms with van der Waals surface area (Å²) in [4.78, 5) is 24.7. The molecule has 2 aromatic carbocycles. The summed E-state index contributed by atoms with van der Waals surface area (Å²) in [5.74, 6) is -0.934. The van der Waals surface area contributed by atoms with Crippen LogP contribution in [0.4, 0.5) is 0 Å². The van der Waals surface area contributed by atoms with Gasteiger partial charge in [-0.3, -0.25) is 0 Å². The van der Waals surface area contributed by atoms with Gasteiger partial charge in [0.05, 0.1) is 30.9 Å². The van der Waals surface area contributed by atoms with Crippen molar-refractivity contribution in [2.24, 2.45) is 0 Å². The minimum absolute atomic E-state index is 0.236. The summed E-state index contributed by atoms with van der Waals surface area (Å²) in [5, 5.41) is 9.16. The normalized spacial score (nSPS) is 9.78. The van der Waals surface area contributed by atoms with Crippen LogP contribution in [0.2, 0.25) is 0 Å². The fourth-order valence-corrected chi connectivity index (χ4v) is 2.74. The third-order valence-corrected chi connectivity index (χ3v) is 4.03. The second kappa shape index (κ2) is 7.47. The molecule has 6 heteroatoms. The van der Waals surface area contributed by atoms with Crippen LogP contribution >= 0.6 is 11.8 Å². The molecule has 0 heterocycles. The van der Waals surface area contributed by atoms with E-state index >= 15 is 0 Å². The summed E-state index contributed by atoms with van der Waals surface area (Å²) in [6, 6.07) is 13.8. The van der Waals surface area contributed by atoms with Crippen LogP contribution < -0.4 is 0 Å². The van der Waals surface area contributed by atoms with Crippen molar-refractivity contribution < 1.29 is 19.1 Å². The van der Waals surface area contributed by atoms with Crippen molar-refractivity contribution in [3.05, 3.63) is 59.2 Å². The Bertz CT molecular complexity index is 778. The molecule has 5 nitrogen and oxygen atoms in total. The molecule has 23 heavy (non-hydrogen) atoms. The summed E-state index contributed by atoms with van der Waals surface area (Å²) in [6.07, 6.45) is 0. The number of methoxy groups -OCH3 is 2. The van der Waals surface area contributed by atoms with Gasteiger partial charge in [-0.05, 0) is 42.5 Å². The lowest BCUT2D eigenvalue weighted by Gasteiger charge is -2.06. The molecule has 0 spiro atoms. The number of carbonyl (C=O) groups excluding carboxylic acids is 2. The zero-order valence-electron chi connectivity index (χ0n) is 12.5. The first-order chi connectivity index (χ1) is 11.1. The van der Waals surface area contributed by atoms with E-state index in [1.165, 1.54) is 26.0 Å². The summed E-state index contributed by atoms with van der Waals surface area (Å²) in [6.45, 7) is 0. The number of nitriles is 1. The van der Waals surface area contributed by atoms with E-state index in [2.05, 4.69) is 9.47 Å². The molecule has 116 valence electrons. The average Bonchev–Trinajstić information content (AvgIpc) is 2.60. The van der Waals surface area contributed by atoms with E-state index < -0.39 is 11.9 Å². The van der Waals surface area contributed by atoms with Crippen molar-refractivity contribution in [1.82, 2.24) is 0 Å². The molecule has 0 saturated heterocycles. The largest absolute Gasteiger partial charge is 0.465 e. The molecule has 2 rings (SSSR count). The van der Waals surface area contributed by atoms with E-state index in [4.69, 9.17) is 5.26 Å². The number of rotatable bonds is 4. The Kier molecular flexibility index (Phi) is 5.39. The monoisotopic (exact) mass is 327 g/mol. The summed E-state index contributed by atoms with van der Waals surface area (Å²) in [7, 11) is 2.60. The van der Waals surface area contributed by atoms with Gasteiger partial charge in [0.25, 0.3) is 0 Å². The maximum absolute atomic E-state index is 11.6. The zero-order valence-corrected chi connectivity index (χ0v) is 13.3. The molecule has 0 unspecified atom stereocenters. The highest BCUT2D eigenvalue weighted by molar-refractivity contribution is 7.99. The molecular weight excluding hydrogens is 314 g/mol. The van der Waals surface area contributed by atoms with Crippen molar-refractivity contribution in [3.63, 3.8) is 0 Å². The van der Waals surface area contributed by atoms with Crippen LogP contribution in [-0.4, -0.2) is 26.2 Å². The Morgan fingerprint density at radius 1 is 0.957 bits per heavy atom. The van der Waals surface area contributed by atoms with Gasteiger partial charge in [-0.2, -0.15) is 5.26 Å². The van der Waals surface area contributed by atoms with E-state index in [0.29, 0.717) is 5.56 Å². The lowest BCUT2D eigenvalue weighted by atomic mass is 10.1. The standard InChI is InChI=1S/C17H13NO4S/c1-21-16(19)11-3-5-13(6-4-11)23-14-7-8-15(17(20)22-2)12(9-14)10-18/h3-9H,1-2H3. The predicted molar refractivity (Wildman–Crippen MR) is 84.4 cm³/mol. The SMILES string of the molecule is COC(=O)c1ccc(Sc2ccc(C(=O)OC)c(C#N)c2)cc1.